The van der Waals surface area contributed by atoms with Gasteiger partial charge in [-0.1, -0.05) is 24.3 Å². The molecular formula is C28H22N2NaO9S2+. The minimum absolute atomic E-state index is 0. The van der Waals surface area contributed by atoms with Gasteiger partial charge in [0.2, 0.25) is 0 Å². The summed E-state index contributed by atoms with van der Waals surface area (Å²) < 4.78 is 67.9. The molecule has 210 valence electrons. The van der Waals surface area contributed by atoms with Crippen LogP contribution in [0.5, 0.6) is 5.75 Å². The van der Waals surface area contributed by atoms with Gasteiger partial charge in [-0.2, -0.15) is 16.8 Å². The van der Waals surface area contributed by atoms with Crippen molar-refractivity contribution < 1.29 is 70.2 Å². The van der Waals surface area contributed by atoms with Crippen LogP contribution in [-0.4, -0.2) is 42.6 Å². The van der Waals surface area contributed by atoms with Gasteiger partial charge in [-0.25, -0.2) is 0 Å². The molecule has 5 rings (SSSR count). The summed E-state index contributed by atoms with van der Waals surface area (Å²) in [4.78, 5) is 26.7. The number of hydrogen-bond acceptors (Lipinski definition) is 9. The average Bonchev–Trinajstić information content (AvgIpc) is 2.88. The number of aromatic hydroxyl groups is 1. The van der Waals surface area contributed by atoms with E-state index in [1.54, 1.807) is 26.0 Å². The van der Waals surface area contributed by atoms with Crippen LogP contribution in [-0.2, 0) is 20.2 Å². The van der Waals surface area contributed by atoms with Crippen LogP contribution in [0, 0.1) is 13.8 Å². The van der Waals surface area contributed by atoms with Crippen molar-refractivity contribution in [2.45, 2.75) is 23.6 Å². The molecule has 5 N–H and O–H groups in total. The van der Waals surface area contributed by atoms with Gasteiger partial charge in [0.1, 0.15) is 15.5 Å². The van der Waals surface area contributed by atoms with Gasteiger partial charge in [0, 0.05) is 5.56 Å². The van der Waals surface area contributed by atoms with Crippen molar-refractivity contribution in [2.24, 2.45) is 0 Å². The molecule has 0 spiro atoms. The number of aryl methyl sites for hydroxylation is 2. The molecule has 0 atom stereocenters. The Bertz CT molecular complexity index is 2030. The number of fused-ring (bicyclic) bond motifs is 2. The van der Waals surface area contributed by atoms with E-state index in [1.165, 1.54) is 54.6 Å². The molecule has 0 heterocycles. The fraction of sp³-hybridized carbons (Fsp3) is 0.0714. The predicted molar refractivity (Wildman–Crippen MR) is 150 cm³/mol. The van der Waals surface area contributed by atoms with Crippen molar-refractivity contribution in [3.63, 3.8) is 0 Å². The Hall–Kier alpha value is -3.56. The number of nitrogens with one attached hydrogen (secondary N) is 2. The van der Waals surface area contributed by atoms with Crippen LogP contribution in [0.15, 0.2) is 76.5 Å². The fourth-order valence-corrected chi connectivity index (χ4v) is 6.16. The van der Waals surface area contributed by atoms with E-state index in [-0.39, 0.29) is 74.6 Å². The first-order valence-corrected chi connectivity index (χ1v) is 14.8. The van der Waals surface area contributed by atoms with Gasteiger partial charge in [0.15, 0.2) is 11.6 Å². The van der Waals surface area contributed by atoms with Gasteiger partial charge < -0.3 is 15.7 Å². The van der Waals surface area contributed by atoms with E-state index < -0.39 is 47.3 Å². The zero-order chi connectivity index (χ0) is 29.9. The molecule has 0 saturated heterocycles. The van der Waals surface area contributed by atoms with Crippen LogP contribution < -0.4 is 40.2 Å². The van der Waals surface area contributed by atoms with Crippen molar-refractivity contribution in [1.29, 1.82) is 0 Å². The Morgan fingerprint density at radius 1 is 0.595 bits per heavy atom. The van der Waals surface area contributed by atoms with Crippen molar-refractivity contribution in [3.8, 4) is 5.75 Å². The molecule has 0 fully saturated rings. The molecule has 1 aliphatic rings. The molecular weight excluding hydrogens is 595 g/mol. The second-order valence-corrected chi connectivity index (χ2v) is 12.2. The van der Waals surface area contributed by atoms with Gasteiger partial charge >= 0.3 is 29.6 Å². The summed E-state index contributed by atoms with van der Waals surface area (Å²) in [6.45, 7) is 3.24. The smallest absolute Gasteiger partial charge is 0.507 e. The van der Waals surface area contributed by atoms with E-state index in [4.69, 9.17) is 0 Å². The van der Waals surface area contributed by atoms with Crippen LogP contribution in [0.3, 0.4) is 0 Å². The molecule has 0 saturated carbocycles. The number of phenols is 1. The normalized spacial score (nSPS) is 12.7. The maximum atomic E-state index is 13.8. The third kappa shape index (κ3) is 5.72. The number of phenolic OH excluding ortho intramolecular Hbond substituents is 1. The molecule has 42 heavy (non-hydrogen) atoms. The average molecular weight is 618 g/mol. The summed E-state index contributed by atoms with van der Waals surface area (Å²) in [6.07, 6.45) is 0. The van der Waals surface area contributed by atoms with Crippen LogP contribution in [0.1, 0.15) is 43.0 Å². The summed E-state index contributed by atoms with van der Waals surface area (Å²) in [5.74, 6) is -1.90. The fourth-order valence-electron chi connectivity index (χ4n) is 4.69. The molecule has 4 aromatic carbocycles. The number of benzene rings is 4. The Kier molecular flexibility index (Phi) is 8.41. The van der Waals surface area contributed by atoms with E-state index in [1.807, 2.05) is 0 Å². The van der Waals surface area contributed by atoms with Crippen LogP contribution in [0.4, 0.5) is 22.7 Å². The van der Waals surface area contributed by atoms with Gasteiger partial charge in [-0.15, -0.1) is 0 Å². The third-order valence-corrected chi connectivity index (χ3v) is 8.33. The molecule has 11 nitrogen and oxygen atoms in total. The largest absolute Gasteiger partial charge is 1.00 e. The molecule has 0 radical (unpaired) electrons. The maximum Gasteiger partial charge on any atom is 1.00 e. The van der Waals surface area contributed by atoms with Crippen molar-refractivity contribution in [2.75, 3.05) is 10.6 Å². The number of carbonyl (C=O) groups excluding carboxylic acids is 2. The first kappa shape index (κ1) is 31.4. The number of anilines is 4. The summed E-state index contributed by atoms with van der Waals surface area (Å²) in [5.41, 5.74) is 0.0870. The zero-order valence-electron chi connectivity index (χ0n) is 22.5. The first-order valence-electron chi connectivity index (χ1n) is 12.0. The molecule has 0 unspecified atom stereocenters. The van der Waals surface area contributed by atoms with Gasteiger partial charge in [0.25, 0.3) is 20.2 Å². The summed E-state index contributed by atoms with van der Waals surface area (Å²) >= 11 is 0. The quantitative estimate of drug-likeness (QED) is 0.138. The van der Waals surface area contributed by atoms with E-state index in [2.05, 4.69) is 10.6 Å². The monoisotopic (exact) mass is 617 g/mol. The second-order valence-electron chi connectivity index (χ2n) is 9.47. The van der Waals surface area contributed by atoms with E-state index in [9.17, 15) is 40.6 Å². The Balaban J connectivity index is 0.00000405. The molecule has 0 aromatic heterocycles. The molecule has 0 aliphatic heterocycles. The Morgan fingerprint density at radius 2 is 1.02 bits per heavy atom. The topological polar surface area (TPSA) is 187 Å². The second kappa shape index (κ2) is 11.3. The number of rotatable bonds is 6. The standard InChI is InChI=1S/C28H22N2O9S2.Na/c1-14-6-8-17(22(12-14)40(34,35)36)29-19-10-11-20(30-18-9-7-15(2)13-23(18)41(37,38)39)26-25(19)27(32)16-4-3-5-21(31)24(16)28(26)33;/h3-13,29-31H,1-2H3,(H,34,35,36)(H,37,38,39);/q;+1. The number of ketones is 2. The minimum atomic E-state index is -4.70. The first-order chi connectivity index (χ1) is 19.2. The maximum absolute atomic E-state index is 13.8. The van der Waals surface area contributed by atoms with Gasteiger partial charge in [-0.3, -0.25) is 18.7 Å². The molecule has 0 amide bonds. The van der Waals surface area contributed by atoms with Gasteiger partial charge in [0.05, 0.1) is 39.4 Å². The summed E-state index contributed by atoms with van der Waals surface area (Å²) in [6, 6.07) is 15.1. The number of carbonyl (C=O) groups is 2. The van der Waals surface area contributed by atoms with Crippen LogP contribution in [0.25, 0.3) is 0 Å². The summed E-state index contributed by atoms with van der Waals surface area (Å²) in [5, 5.41) is 16.1. The molecule has 4 aromatic rings. The molecule has 14 heteroatoms. The number of hydrogen-bond donors (Lipinski definition) is 5. The van der Waals surface area contributed by atoms with E-state index in [0.717, 1.165) is 0 Å². The minimum Gasteiger partial charge on any atom is -0.507 e. The van der Waals surface area contributed by atoms with E-state index >= 15 is 0 Å². The zero-order valence-corrected chi connectivity index (χ0v) is 26.1. The summed E-state index contributed by atoms with van der Waals surface area (Å²) in [7, 11) is -9.38. The molecule has 0 bridgehead atoms. The molecule has 1 aliphatic carbocycles. The van der Waals surface area contributed by atoms with Crippen molar-refractivity contribution in [3.05, 3.63) is 100 Å². The van der Waals surface area contributed by atoms with Crippen molar-refractivity contribution in [1.82, 2.24) is 0 Å². The van der Waals surface area contributed by atoms with Crippen molar-refractivity contribution >= 4 is 54.6 Å². The van der Waals surface area contributed by atoms with Crippen LogP contribution in [0.2, 0.25) is 0 Å². The third-order valence-electron chi connectivity index (χ3n) is 6.54. The van der Waals surface area contributed by atoms with Gasteiger partial charge in [-0.05, 0) is 67.4 Å². The van der Waals surface area contributed by atoms with Crippen LogP contribution >= 0.6 is 0 Å². The Labute approximate surface area is 263 Å². The SMILES string of the molecule is Cc1ccc(Nc2ccc(Nc3ccc(C)cc3S(=O)(=O)O)c3c2C(=O)c2cccc(O)c2C3=O)c(S(=O)(=O)O)c1.[Na+]. The Morgan fingerprint density at radius 3 is 1.48 bits per heavy atom. The predicted octanol–water partition coefficient (Wildman–Crippen LogP) is 1.77. The van der Waals surface area contributed by atoms with E-state index in [0.29, 0.717) is 11.1 Å².